The topological polar surface area (TPSA) is 99.0 Å². The average Bonchev–Trinajstić information content (AvgIpc) is 2.92. The monoisotopic (exact) mass is 334 g/mol. The highest BCUT2D eigenvalue weighted by Gasteiger charge is 2.19. The number of methoxy groups -OCH3 is 1. The second kappa shape index (κ2) is 7.60. The number of carbonyl (C=O) groups excluding carboxylic acids is 1. The van der Waals surface area contributed by atoms with Gasteiger partial charge in [0.25, 0.3) is 11.6 Å². The predicted octanol–water partition coefficient (Wildman–Crippen LogP) is 1.16. The zero-order valence-electron chi connectivity index (χ0n) is 13.8. The molecule has 8 nitrogen and oxygen atoms in total. The van der Waals surface area contributed by atoms with E-state index in [1.807, 2.05) is 26.1 Å². The molecule has 2 aromatic rings. The molecule has 0 fully saturated rings. The number of aryl methyl sites for hydroxylation is 1. The van der Waals surface area contributed by atoms with Gasteiger partial charge in [-0.15, -0.1) is 0 Å². The molecule has 0 saturated carbocycles. The molecule has 1 atom stereocenters. The molecule has 0 saturated heterocycles. The number of anilines is 1. The van der Waals surface area contributed by atoms with Gasteiger partial charge < -0.3 is 19.4 Å². The summed E-state index contributed by atoms with van der Waals surface area (Å²) in [5, 5.41) is 13.7. The summed E-state index contributed by atoms with van der Waals surface area (Å²) in [5.74, 6) is 1.64. The summed E-state index contributed by atoms with van der Waals surface area (Å²) in [5.41, 5.74) is -0.0607. The van der Waals surface area contributed by atoms with Crippen LogP contribution in [-0.4, -0.2) is 31.5 Å². The minimum Gasteiger partial charge on any atom is -0.496 e. The number of benzene rings is 1. The first-order valence-corrected chi connectivity index (χ1v) is 7.38. The lowest BCUT2D eigenvalue weighted by Gasteiger charge is -2.13. The molecule has 1 aromatic heterocycles. The third kappa shape index (κ3) is 4.56. The molecule has 0 spiro atoms. The van der Waals surface area contributed by atoms with Gasteiger partial charge in [-0.1, -0.05) is 0 Å². The van der Waals surface area contributed by atoms with E-state index in [0.29, 0.717) is 12.3 Å². The second-order valence-corrected chi connectivity index (χ2v) is 5.51. The van der Waals surface area contributed by atoms with E-state index in [9.17, 15) is 14.9 Å². The van der Waals surface area contributed by atoms with E-state index in [1.54, 1.807) is 6.07 Å². The van der Waals surface area contributed by atoms with Gasteiger partial charge in [-0.05, 0) is 31.2 Å². The number of amides is 1. The van der Waals surface area contributed by atoms with E-state index in [4.69, 9.17) is 9.15 Å². The fraction of sp³-hybridized carbons (Fsp3) is 0.312. The van der Waals surface area contributed by atoms with Gasteiger partial charge in [-0.25, -0.2) is 0 Å². The number of nitro benzene ring substituents is 1. The Bertz CT molecular complexity index is 741. The van der Waals surface area contributed by atoms with E-state index in [-0.39, 0.29) is 23.8 Å². The van der Waals surface area contributed by atoms with Crippen molar-refractivity contribution >= 4 is 17.3 Å². The normalized spacial score (nSPS) is 11.8. The van der Waals surface area contributed by atoms with Crippen molar-refractivity contribution in [2.24, 2.45) is 0 Å². The summed E-state index contributed by atoms with van der Waals surface area (Å²) in [7, 11) is 3.27. The van der Waals surface area contributed by atoms with Gasteiger partial charge >= 0.3 is 0 Å². The Hall–Kier alpha value is -2.87. The largest absolute Gasteiger partial charge is 0.496 e. The lowest BCUT2D eigenvalue weighted by Crippen LogP contribution is -3.08. The Morgan fingerprint density at radius 3 is 2.71 bits per heavy atom. The smallest absolute Gasteiger partial charge is 0.296 e. The molecule has 1 heterocycles. The Morgan fingerprint density at radius 1 is 1.38 bits per heavy atom. The maximum Gasteiger partial charge on any atom is 0.296 e. The van der Waals surface area contributed by atoms with E-state index < -0.39 is 4.92 Å². The molecule has 128 valence electrons. The van der Waals surface area contributed by atoms with Crippen molar-refractivity contribution in [3.8, 4) is 5.75 Å². The Morgan fingerprint density at radius 2 is 2.12 bits per heavy atom. The average molecular weight is 334 g/mol. The number of hydrogen-bond acceptors (Lipinski definition) is 5. The van der Waals surface area contributed by atoms with Crippen LogP contribution in [-0.2, 0) is 11.3 Å². The Labute approximate surface area is 139 Å². The molecule has 2 N–H and O–H groups in total. The van der Waals surface area contributed by atoms with E-state index in [1.165, 1.54) is 19.2 Å². The highest BCUT2D eigenvalue weighted by atomic mass is 16.6. The summed E-state index contributed by atoms with van der Waals surface area (Å²) < 4.78 is 10.4. The number of hydrogen-bond donors (Lipinski definition) is 2. The molecule has 1 amide bonds. The van der Waals surface area contributed by atoms with Crippen LogP contribution in [0.15, 0.2) is 34.7 Å². The molecule has 0 radical (unpaired) electrons. The van der Waals surface area contributed by atoms with Crippen LogP contribution in [0.2, 0.25) is 0 Å². The minimum absolute atomic E-state index is 0.146. The lowest BCUT2D eigenvalue weighted by atomic mass is 10.2. The first-order valence-electron chi connectivity index (χ1n) is 7.38. The van der Waals surface area contributed by atoms with E-state index in [2.05, 4.69) is 5.32 Å². The molecule has 0 aliphatic rings. The number of carbonyl (C=O) groups is 1. The van der Waals surface area contributed by atoms with Gasteiger partial charge in [-0.2, -0.15) is 0 Å². The summed E-state index contributed by atoms with van der Waals surface area (Å²) in [6.07, 6.45) is 0. The van der Waals surface area contributed by atoms with Crippen molar-refractivity contribution in [2.45, 2.75) is 13.5 Å². The molecule has 8 heteroatoms. The van der Waals surface area contributed by atoms with Gasteiger partial charge in [0, 0.05) is 0 Å². The molecule has 2 rings (SSSR count). The van der Waals surface area contributed by atoms with Crippen LogP contribution in [0.3, 0.4) is 0 Å². The summed E-state index contributed by atoms with van der Waals surface area (Å²) in [4.78, 5) is 23.6. The first kappa shape index (κ1) is 17.5. The minimum atomic E-state index is -0.555. The number of ether oxygens (including phenoxy) is 1. The summed E-state index contributed by atoms with van der Waals surface area (Å²) in [6, 6.07) is 8.02. The molecular formula is C16H20N3O5+. The van der Waals surface area contributed by atoms with Gasteiger partial charge in [-0.3, -0.25) is 14.9 Å². The molecule has 1 aromatic carbocycles. The van der Waals surface area contributed by atoms with Crippen LogP contribution < -0.4 is 15.0 Å². The maximum atomic E-state index is 12.1. The van der Waals surface area contributed by atoms with Gasteiger partial charge in [0.1, 0.15) is 23.7 Å². The van der Waals surface area contributed by atoms with Crippen molar-refractivity contribution in [3.63, 3.8) is 0 Å². The van der Waals surface area contributed by atoms with Crippen LogP contribution in [0.1, 0.15) is 11.5 Å². The Balaban J connectivity index is 2.00. The number of rotatable bonds is 7. The van der Waals surface area contributed by atoms with Crippen LogP contribution in [0.4, 0.5) is 11.4 Å². The van der Waals surface area contributed by atoms with Crippen LogP contribution in [0.5, 0.6) is 5.75 Å². The van der Waals surface area contributed by atoms with Gasteiger partial charge in [0.2, 0.25) is 0 Å². The van der Waals surface area contributed by atoms with E-state index >= 15 is 0 Å². The van der Waals surface area contributed by atoms with Gasteiger partial charge in [0.15, 0.2) is 12.3 Å². The van der Waals surface area contributed by atoms with Crippen LogP contribution in [0.25, 0.3) is 0 Å². The number of nitro groups is 1. The standard InChI is InChI=1S/C16H19N3O5/c1-11-4-5-13(24-11)9-18(2)10-16(20)17-14-7-6-12(23-3)8-15(14)19(21)22/h4-8H,9-10H2,1-3H3,(H,17,20)/p+1. The number of likely N-dealkylation sites (N-methyl/N-ethyl adjacent to an activating group) is 1. The Kier molecular flexibility index (Phi) is 5.54. The van der Waals surface area contributed by atoms with E-state index in [0.717, 1.165) is 16.4 Å². The highest BCUT2D eigenvalue weighted by Crippen LogP contribution is 2.28. The number of nitrogens with one attached hydrogen (secondary N) is 2. The molecule has 0 bridgehead atoms. The zero-order valence-corrected chi connectivity index (χ0v) is 13.8. The number of quaternary nitrogens is 1. The molecule has 24 heavy (non-hydrogen) atoms. The second-order valence-electron chi connectivity index (χ2n) is 5.51. The third-order valence-electron chi connectivity index (χ3n) is 3.41. The molecule has 0 aliphatic heterocycles. The number of furan rings is 1. The number of nitrogens with zero attached hydrogens (tertiary/aromatic N) is 1. The van der Waals surface area contributed by atoms with Crippen LogP contribution in [0, 0.1) is 17.0 Å². The molecule has 0 aliphatic carbocycles. The molecular weight excluding hydrogens is 314 g/mol. The summed E-state index contributed by atoms with van der Waals surface area (Å²) in [6.45, 7) is 2.56. The third-order valence-corrected chi connectivity index (χ3v) is 3.41. The zero-order chi connectivity index (χ0) is 17.7. The fourth-order valence-electron chi connectivity index (χ4n) is 2.30. The van der Waals surface area contributed by atoms with Crippen molar-refractivity contribution < 1.29 is 23.8 Å². The van der Waals surface area contributed by atoms with Crippen molar-refractivity contribution in [2.75, 3.05) is 26.0 Å². The highest BCUT2D eigenvalue weighted by molar-refractivity contribution is 5.93. The van der Waals surface area contributed by atoms with Crippen molar-refractivity contribution in [1.29, 1.82) is 0 Å². The first-order chi connectivity index (χ1) is 11.4. The SMILES string of the molecule is COc1ccc(NC(=O)C[NH+](C)Cc2ccc(C)o2)c([N+](=O)[O-])c1. The van der Waals surface area contributed by atoms with Gasteiger partial charge in [0.05, 0.1) is 25.1 Å². The summed E-state index contributed by atoms with van der Waals surface area (Å²) >= 11 is 0. The molecule has 1 unspecified atom stereocenters. The quantitative estimate of drug-likeness (QED) is 0.585. The lowest BCUT2D eigenvalue weighted by molar-refractivity contribution is -0.886. The van der Waals surface area contributed by atoms with Crippen LogP contribution >= 0.6 is 0 Å². The predicted molar refractivity (Wildman–Crippen MR) is 87.2 cm³/mol. The fourth-order valence-corrected chi connectivity index (χ4v) is 2.30. The van der Waals surface area contributed by atoms with Crippen molar-refractivity contribution in [1.82, 2.24) is 0 Å². The van der Waals surface area contributed by atoms with Crippen molar-refractivity contribution in [3.05, 3.63) is 52.0 Å². The maximum absolute atomic E-state index is 12.1.